The molecule has 0 radical (unpaired) electrons. The lowest BCUT2D eigenvalue weighted by atomic mass is 9.90. The van der Waals surface area contributed by atoms with Gasteiger partial charge < -0.3 is 9.64 Å². The van der Waals surface area contributed by atoms with E-state index in [1.165, 1.54) is 4.90 Å². The van der Waals surface area contributed by atoms with Gasteiger partial charge in [0, 0.05) is 6.54 Å². The summed E-state index contributed by atoms with van der Waals surface area (Å²) in [4.78, 5) is 3.99. The second kappa shape index (κ2) is 5.20. The van der Waals surface area contributed by atoms with Crippen molar-refractivity contribution in [1.29, 1.82) is 0 Å². The molecule has 3 rings (SSSR count). The van der Waals surface area contributed by atoms with Gasteiger partial charge in [-0.25, -0.2) is 0 Å². The monoisotopic (exact) mass is 290 g/mol. The summed E-state index contributed by atoms with van der Waals surface area (Å²) in [5.41, 5.74) is -0.657. The highest BCUT2D eigenvalue weighted by molar-refractivity contribution is 5.50. The predicted octanol–water partition coefficient (Wildman–Crippen LogP) is 2.79. The zero-order valence-electron chi connectivity index (χ0n) is 10.7. The van der Waals surface area contributed by atoms with Crippen molar-refractivity contribution in [2.24, 2.45) is 0 Å². The molecule has 2 fully saturated rings. The fourth-order valence-corrected chi connectivity index (χ4v) is 3.10. The van der Waals surface area contributed by atoms with E-state index in [0.717, 1.165) is 19.3 Å². The van der Waals surface area contributed by atoms with E-state index >= 15 is 0 Å². The lowest BCUT2D eigenvalue weighted by Gasteiger charge is -2.45. The van der Waals surface area contributed by atoms with Crippen LogP contribution in [0, 0.1) is 23.5 Å². The molecule has 2 atom stereocenters. The Morgan fingerprint density at radius 2 is 1.65 bits per heavy atom. The first-order valence-electron chi connectivity index (χ1n) is 6.68. The van der Waals surface area contributed by atoms with Gasteiger partial charge in [0.1, 0.15) is 5.69 Å². The lowest BCUT2D eigenvalue weighted by molar-refractivity contribution is -0.00929. The van der Waals surface area contributed by atoms with Crippen LogP contribution in [-0.4, -0.2) is 30.3 Å². The number of ether oxygens (including phenoxy) is 1. The van der Waals surface area contributed by atoms with E-state index in [1.54, 1.807) is 0 Å². The predicted molar refractivity (Wildman–Crippen MR) is 63.4 cm³/mol. The van der Waals surface area contributed by atoms with E-state index in [9.17, 15) is 17.6 Å². The maximum Gasteiger partial charge on any atom is 0.253 e. The zero-order chi connectivity index (χ0) is 14.3. The summed E-state index contributed by atoms with van der Waals surface area (Å²) in [6.45, 7) is 0.490. The minimum absolute atomic E-state index is 0.143. The quantitative estimate of drug-likeness (QED) is 0.587. The molecule has 2 aliphatic rings. The van der Waals surface area contributed by atoms with Crippen LogP contribution in [0.4, 0.5) is 23.2 Å². The second-order valence-corrected chi connectivity index (χ2v) is 5.12. The van der Waals surface area contributed by atoms with Gasteiger partial charge in [-0.2, -0.15) is 22.5 Å². The molecular weight excluding hydrogens is 276 g/mol. The van der Waals surface area contributed by atoms with Crippen LogP contribution in [0.2, 0.25) is 0 Å². The number of morpholine rings is 1. The molecule has 1 saturated heterocycles. The van der Waals surface area contributed by atoms with Crippen LogP contribution in [-0.2, 0) is 4.74 Å². The smallest absolute Gasteiger partial charge is 0.253 e. The third-order valence-corrected chi connectivity index (χ3v) is 3.99. The van der Waals surface area contributed by atoms with E-state index < -0.39 is 29.2 Å². The van der Waals surface area contributed by atoms with Gasteiger partial charge in [0.25, 0.3) is 11.9 Å². The second-order valence-electron chi connectivity index (χ2n) is 5.12. The molecule has 0 spiro atoms. The maximum absolute atomic E-state index is 13.9. The van der Waals surface area contributed by atoms with Crippen LogP contribution in [0.3, 0.4) is 0 Å². The number of nitrogens with zero attached hydrogens (tertiary/aromatic N) is 2. The van der Waals surface area contributed by atoms with Crippen LogP contribution in [0.1, 0.15) is 25.7 Å². The van der Waals surface area contributed by atoms with Crippen LogP contribution in [0.5, 0.6) is 0 Å². The van der Waals surface area contributed by atoms with Crippen molar-refractivity contribution >= 4 is 5.69 Å². The van der Waals surface area contributed by atoms with E-state index in [-0.39, 0.29) is 25.3 Å². The Morgan fingerprint density at radius 3 is 2.35 bits per heavy atom. The Labute approximate surface area is 113 Å². The lowest BCUT2D eigenvalue weighted by Crippen LogP contribution is -2.53. The molecule has 0 aromatic carbocycles. The van der Waals surface area contributed by atoms with Gasteiger partial charge in [0.2, 0.25) is 11.6 Å². The minimum Gasteiger partial charge on any atom is -0.374 e. The van der Waals surface area contributed by atoms with E-state index in [0.29, 0.717) is 6.42 Å². The number of rotatable bonds is 1. The average Bonchev–Trinajstić information content (AvgIpc) is 2.46. The van der Waals surface area contributed by atoms with Crippen molar-refractivity contribution in [3.8, 4) is 0 Å². The largest absolute Gasteiger partial charge is 0.374 e. The number of hydrogen-bond donors (Lipinski definition) is 0. The third-order valence-electron chi connectivity index (χ3n) is 3.99. The molecule has 2 unspecified atom stereocenters. The first-order valence-corrected chi connectivity index (χ1v) is 6.68. The normalized spacial score (nSPS) is 26.5. The first kappa shape index (κ1) is 13.6. The number of anilines is 1. The first-order chi connectivity index (χ1) is 9.59. The van der Waals surface area contributed by atoms with Crippen molar-refractivity contribution in [3.63, 3.8) is 0 Å². The fraction of sp³-hybridized carbons (Fsp3) is 0.615. The van der Waals surface area contributed by atoms with Crippen LogP contribution in [0.15, 0.2) is 0 Å². The number of hydrogen-bond acceptors (Lipinski definition) is 3. The van der Waals surface area contributed by atoms with Gasteiger partial charge in [-0.15, -0.1) is 0 Å². The number of aromatic nitrogens is 1. The third kappa shape index (κ3) is 2.13. The molecule has 1 saturated carbocycles. The van der Waals surface area contributed by atoms with Crippen LogP contribution >= 0.6 is 0 Å². The highest BCUT2D eigenvalue weighted by Gasteiger charge is 2.38. The fourth-order valence-electron chi connectivity index (χ4n) is 3.10. The Morgan fingerprint density at radius 1 is 1.00 bits per heavy atom. The molecular formula is C13H14F4N2O. The van der Waals surface area contributed by atoms with Crippen molar-refractivity contribution in [2.75, 3.05) is 18.1 Å². The van der Waals surface area contributed by atoms with Gasteiger partial charge in [0.05, 0.1) is 18.8 Å². The molecule has 110 valence electrons. The van der Waals surface area contributed by atoms with Gasteiger partial charge in [-0.1, -0.05) is 12.8 Å². The van der Waals surface area contributed by atoms with Crippen LogP contribution < -0.4 is 4.90 Å². The van der Waals surface area contributed by atoms with Crippen molar-refractivity contribution in [3.05, 3.63) is 23.5 Å². The SMILES string of the molecule is Fc1nc(F)c(F)c(N2CCOC3CCCCC32)c1F. The average molecular weight is 290 g/mol. The molecule has 0 bridgehead atoms. The summed E-state index contributed by atoms with van der Waals surface area (Å²) in [5.74, 6) is -6.10. The van der Waals surface area contributed by atoms with Gasteiger partial charge in [-0.3, -0.25) is 0 Å². The van der Waals surface area contributed by atoms with Gasteiger partial charge in [0.15, 0.2) is 0 Å². The topological polar surface area (TPSA) is 25.4 Å². The molecule has 1 aliphatic carbocycles. The minimum atomic E-state index is -1.61. The Hall–Kier alpha value is -1.37. The standard InChI is InChI=1S/C13H14F4N2O/c14-9-11(10(15)13(17)18-12(9)16)19-5-6-20-8-4-2-1-3-7(8)19/h7-8H,1-6H2. The van der Waals surface area contributed by atoms with Crippen molar-refractivity contribution in [1.82, 2.24) is 4.98 Å². The van der Waals surface area contributed by atoms with Crippen molar-refractivity contribution in [2.45, 2.75) is 37.8 Å². The Balaban J connectivity index is 2.03. The Kier molecular flexibility index (Phi) is 3.54. The zero-order valence-corrected chi connectivity index (χ0v) is 10.7. The summed E-state index contributed by atoms with van der Waals surface area (Å²) in [6.07, 6.45) is 3.23. The van der Waals surface area contributed by atoms with Gasteiger partial charge in [-0.05, 0) is 12.8 Å². The molecule has 1 aromatic heterocycles. The van der Waals surface area contributed by atoms with E-state index in [4.69, 9.17) is 4.74 Å². The van der Waals surface area contributed by atoms with Crippen LogP contribution in [0.25, 0.3) is 0 Å². The molecule has 3 nitrogen and oxygen atoms in total. The molecule has 20 heavy (non-hydrogen) atoms. The molecule has 0 N–H and O–H groups in total. The van der Waals surface area contributed by atoms with Crippen molar-refractivity contribution < 1.29 is 22.3 Å². The molecule has 1 aromatic rings. The highest BCUT2D eigenvalue weighted by Crippen LogP contribution is 2.35. The molecule has 0 amide bonds. The van der Waals surface area contributed by atoms with Gasteiger partial charge >= 0.3 is 0 Å². The number of halogens is 4. The Bertz CT molecular complexity index is 497. The number of pyridine rings is 1. The summed E-state index contributed by atoms with van der Waals surface area (Å²) in [5, 5.41) is 0. The highest BCUT2D eigenvalue weighted by atomic mass is 19.2. The number of fused-ring (bicyclic) bond motifs is 1. The summed E-state index contributed by atoms with van der Waals surface area (Å²) < 4.78 is 59.8. The van der Waals surface area contributed by atoms with E-state index in [1.807, 2.05) is 0 Å². The molecule has 2 heterocycles. The summed E-state index contributed by atoms with van der Waals surface area (Å²) in [7, 11) is 0. The van der Waals surface area contributed by atoms with E-state index in [2.05, 4.69) is 4.98 Å². The molecule has 1 aliphatic heterocycles. The summed E-state index contributed by atoms with van der Waals surface area (Å²) >= 11 is 0. The summed E-state index contributed by atoms with van der Waals surface area (Å²) in [6, 6.07) is -0.248. The maximum atomic E-state index is 13.9. The molecule has 7 heteroatoms.